The fourth-order valence-corrected chi connectivity index (χ4v) is 1.59. The summed E-state index contributed by atoms with van der Waals surface area (Å²) in [6, 6.07) is 2.50. The second kappa shape index (κ2) is 15.7. The molecule has 7 heteroatoms. The van der Waals surface area contributed by atoms with E-state index in [2.05, 4.69) is 66.0 Å². The number of aliphatic carboxylic acids is 2. The fraction of sp³-hybridized carbons (Fsp3) is 0.875. The molecule has 23 heavy (non-hydrogen) atoms. The second-order valence-corrected chi connectivity index (χ2v) is 6.40. The van der Waals surface area contributed by atoms with Gasteiger partial charge in [0.05, 0.1) is 6.42 Å². The molecule has 0 saturated carbocycles. The number of carboxylic acid groups (broad SMARTS) is 2. The zero-order chi connectivity index (χ0) is 19.2. The molecule has 0 saturated heterocycles. The number of hydrogen-bond acceptors (Lipinski definition) is 5. The molecule has 0 aromatic heterocycles. The maximum Gasteiger partial charge on any atom is 0.333 e. The average molecular weight is 336 g/mol. The van der Waals surface area contributed by atoms with Crippen LogP contribution in [0.25, 0.3) is 0 Å². The number of carbonyl (C=O) groups is 2. The van der Waals surface area contributed by atoms with E-state index in [-0.39, 0.29) is 0 Å². The molecular weight excluding hydrogens is 300 g/mol. The third-order valence-electron chi connectivity index (χ3n) is 1.99. The molecule has 0 amide bonds. The maximum absolute atomic E-state index is 9.72. The summed E-state index contributed by atoms with van der Waals surface area (Å²) in [6.45, 7) is 17.2. The molecule has 1 atom stereocenters. The molecule has 0 aromatic rings. The minimum atomic E-state index is -1.79. The van der Waals surface area contributed by atoms with Gasteiger partial charge in [0.15, 0.2) is 6.10 Å². The van der Waals surface area contributed by atoms with Gasteiger partial charge in [-0.2, -0.15) is 0 Å². The van der Waals surface area contributed by atoms with Crippen LogP contribution in [-0.4, -0.2) is 57.5 Å². The lowest BCUT2D eigenvalue weighted by atomic mass is 10.3. The van der Waals surface area contributed by atoms with Gasteiger partial charge in [0.25, 0.3) is 0 Å². The molecule has 0 heterocycles. The van der Waals surface area contributed by atoms with Crippen LogP contribution >= 0.6 is 0 Å². The average Bonchev–Trinajstić information content (AvgIpc) is 2.25. The van der Waals surface area contributed by atoms with Crippen LogP contribution in [0.1, 0.15) is 61.8 Å². The topological polar surface area (TPSA) is 119 Å². The summed E-state index contributed by atoms with van der Waals surface area (Å²) in [5.41, 5.74) is 0. The number of aliphatic hydroxyl groups excluding tert-OH is 1. The zero-order valence-corrected chi connectivity index (χ0v) is 15.8. The lowest BCUT2D eigenvalue weighted by Gasteiger charge is -2.10. The van der Waals surface area contributed by atoms with Crippen LogP contribution in [0.15, 0.2) is 0 Å². The van der Waals surface area contributed by atoms with Crippen molar-refractivity contribution in [2.24, 2.45) is 0 Å². The van der Waals surface area contributed by atoms with Gasteiger partial charge in [-0.05, 0) is 0 Å². The Kier molecular flexibility index (Phi) is 18.2. The number of rotatable bonds is 7. The highest BCUT2D eigenvalue weighted by molar-refractivity contribution is 5.79. The highest BCUT2D eigenvalue weighted by atomic mass is 16.4. The van der Waals surface area contributed by atoms with Gasteiger partial charge in [0, 0.05) is 24.2 Å². The molecule has 0 aromatic carbocycles. The van der Waals surface area contributed by atoms with E-state index in [1.807, 2.05) is 0 Å². The van der Waals surface area contributed by atoms with Crippen LogP contribution in [0.4, 0.5) is 0 Å². The van der Waals surface area contributed by atoms with Crippen molar-refractivity contribution in [3.8, 4) is 0 Å². The molecule has 0 radical (unpaired) electrons. The van der Waals surface area contributed by atoms with E-state index in [9.17, 15) is 9.59 Å². The zero-order valence-electron chi connectivity index (χ0n) is 15.8. The van der Waals surface area contributed by atoms with Crippen molar-refractivity contribution in [2.75, 3.05) is 0 Å². The lowest BCUT2D eigenvalue weighted by Crippen LogP contribution is -2.29. The summed E-state index contributed by atoms with van der Waals surface area (Å²) in [5, 5.41) is 30.8. The largest absolute Gasteiger partial charge is 0.481 e. The van der Waals surface area contributed by atoms with Crippen molar-refractivity contribution in [3.63, 3.8) is 0 Å². The molecule has 0 rings (SSSR count). The Labute approximate surface area is 140 Å². The van der Waals surface area contributed by atoms with Gasteiger partial charge in [0.2, 0.25) is 0 Å². The Bertz CT molecular complexity index is 279. The van der Waals surface area contributed by atoms with Crippen LogP contribution in [0.3, 0.4) is 0 Å². The monoisotopic (exact) mass is 336 g/mol. The first-order valence-electron chi connectivity index (χ1n) is 7.94. The maximum atomic E-state index is 9.72. The second-order valence-electron chi connectivity index (χ2n) is 6.40. The van der Waals surface area contributed by atoms with Crippen molar-refractivity contribution in [1.29, 1.82) is 0 Å². The van der Waals surface area contributed by atoms with E-state index in [1.54, 1.807) is 0 Å². The summed E-state index contributed by atoms with van der Waals surface area (Å²) in [5.74, 6) is -2.85. The Morgan fingerprint density at radius 1 is 0.739 bits per heavy atom. The molecular formula is C16H36N2O5. The van der Waals surface area contributed by atoms with Crippen LogP contribution in [0.2, 0.25) is 0 Å². The third kappa shape index (κ3) is 33.6. The first-order chi connectivity index (χ1) is 10.3. The van der Waals surface area contributed by atoms with Gasteiger partial charge >= 0.3 is 11.9 Å². The van der Waals surface area contributed by atoms with Gasteiger partial charge in [-0.1, -0.05) is 55.4 Å². The van der Waals surface area contributed by atoms with Crippen molar-refractivity contribution in [2.45, 2.75) is 92.1 Å². The highest BCUT2D eigenvalue weighted by Crippen LogP contribution is 1.89. The normalized spacial score (nSPS) is 11.7. The summed E-state index contributed by atoms with van der Waals surface area (Å²) >= 11 is 0. The molecule has 0 aliphatic carbocycles. The van der Waals surface area contributed by atoms with E-state index in [4.69, 9.17) is 15.3 Å². The van der Waals surface area contributed by atoms with Gasteiger partial charge in [-0.15, -0.1) is 0 Å². The molecule has 5 N–H and O–H groups in total. The Morgan fingerprint density at radius 3 is 1.04 bits per heavy atom. The summed E-state index contributed by atoms with van der Waals surface area (Å²) in [7, 11) is 0. The van der Waals surface area contributed by atoms with E-state index in [0.29, 0.717) is 24.2 Å². The molecule has 0 aliphatic rings. The van der Waals surface area contributed by atoms with Crippen molar-refractivity contribution in [1.82, 2.24) is 10.6 Å². The first kappa shape index (κ1) is 26.7. The molecule has 0 aliphatic heterocycles. The predicted molar refractivity (Wildman–Crippen MR) is 92.7 cm³/mol. The van der Waals surface area contributed by atoms with E-state index in [1.165, 1.54) is 0 Å². The minimum Gasteiger partial charge on any atom is -0.481 e. The van der Waals surface area contributed by atoms with E-state index < -0.39 is 24.5 Å². The molecule has 0 bridgehead atoms. The van der Waals surface area contributed by atoms with Gasteiger partial charge in [-0.3, -0.25) is 4.79 Å². The molecule has 140 valence electrons. The van der Waals surface area contributed by atoms with E-state index >= 15 is 0 Å². The Hall–Kier alpha value is -1.18. The number of nitrogens with one attached hydrogen (secondary N) is 2. The van der Waals surface area contributed by atoms with Crippen molar-refractivity contribution in [3.05, 3.63) is 0 Å². The first-order valence-corrected chi connectivity index (χ1v) is 7.94. The number of hydrogen-bond donors (Lipinski definition) is 5. The highest BCUT2D eigenvalue weighted by Gasteiger charge is 2.16. The van der Waals surface area contributed by atoms with Gasteiger partial charge in [0.1, 0.15) is 0 Å². The predicted octanol–water partition coefficient (Wildman–Crippen LogP) is 1.69. The molecule has 0 spiro atoms. The molecule has 7 nitrogen and oxygen atoms in total. The molecule has 0 fully saturated rings. The third-order valence-corrected chi connectivity index (χ3v) is 1.99. The summed E-state index contributed by atoms with van der Waals surface area (Å²) < 4.78 is 0. The fourth-order valence-electron chi connectivity index (χ4n) is 1.59. The lowest BCUT2D eigenvalue weighted by molar-refractivity contribution is -0.152. The SMILES string of the molecule is CC(C)NC(C)C.CC(C)NC(C)C.O=C(O)CC(O)C(=O)O. The van der Waals surface area contributed by atoms with Gasteiger partial charge < -0.3 is 26.0 Å². The Morgan fingerprint density at radius 2 is 1.00 bits per heavy atom. The number of aliphatic hydroxyl groups is 1. The van der Waals surface area contributed by atoms with Crippen LogP contribution in [0, 0.1) is 0 Å². The van der Waals surface area contributed by atoms with Crippen LogP contribution < -0.4 is 10.6 Å². The smallest absolute Gasteiger partial charge is 0.333 e. The van der Waals surface area contributed by atoms with Crippen molar-refractivity contribution < 1.29 is 24.9 Å². The Balaban J connectivity index is -0.000000264. The van der Waals surface area contributed by atoms with Crippen LogP contribution in [-0.2, 0) is 9.59 Å². The minimum absolute atomic E-state index is 0.625. The van der Waals surface area contributed by atoms with E-state index in [0.717, 1.165) is 0 Å². The standard InChI is InChI=1S/2C6H15N.C4H6O5/c2*1-5(2)7-6(3)4;5-2(4(8)9)1-3(6)7/h2*5-7H,1-4H3;2,5H,1H2,(H,6,7)(H,8,9). The van der Waals surface area contributed by atoms with Crippen LogP contribution in [0.5, 0.6) is 0 Å². The van der Waals surface area contributed by atoms with Gasteiger partial charge in [-0.25, -0.2) is 4.79 Å². The molecule has 1 unspecified atom stereocenters. The number of carboxylic acids is 2. The summed E-state index contributed by atoms with van der Waals surface area (Å²) in [6.07, 6.45) is -2.54. The quantitative estimate of drug-likeness (QED) is 0.480. The van der Waals surface area contributed by atoms with Crippen molar-refractivity contribution >= 4 is 11.9 Å². The summed E-state index contributed by atoms with van der Waals surface area (Å²) in [4.78, 5) is 19.4.